The van der Waals surface area contributed by atoms with Crippen LogP contribution in [-0.4, -0.2) is 67.1 Å². The Balaban J connectivity index is 0.00000264. The maximum atomic E-state index is 13.9. The van der Waals surface area contributed by atoms with Crippen LogP contribution in [0.25, 0.3) is 10.9 Å². The lowest BCUT2D eigenvalue weighted by molar-refractivity contribution is -0.124. The molecule has 0 spiro atoms. The monoisotopic (exact) mass is 704 g/mol. The summed E-state index contributed by atoms with van der Waals surface area (Å²) in [6.45, 7) is 4.17. The molecular formula is C29H36Cl4N6O4S. The second kappa shape index (κ2) is 15.6. The number of ether oxygens (including phenoxy) is 1. The Labute approximate surface area is 280 Å². The van der Waals surface area contributed by atoms with Gasteiger partial charge in [0.15, 0.2) is 0 Å². The van der Waals surface area contributed by atoms with Crippen LogP contribution in [0.3, 0.4) is 0 Å². The first kappa shape index (κ1) is 35.9. The van der Waals surface area contributed by atoms with Gasteiger partial charge in [-0.05, 0) is 62.8 Å². The molecule has 2 aromatic carbocycles. The number of rotatable bonds is 9. The number of aromatic nitrogens is 1. The molecule has 44 heavy (non-hydrogen) atoms. The number of benzene rings is 2. The molecule has 5 rings (SSSR count). The van der Waals surface area contributed by atoms with E-state index in [1.54, 1.807) is 12.4 Å². The van der Waals surface area contributed by atoms with Crippen LogP contribution in [0.1, 0.15) is 36.9 Å². The fraction of sp³-hybridized carbons (Fsp3) is 0.414. The molecule has 2 aliphatic rings. The fourth-order valence-electron chi connectivity index (χ4n) is 5.54. The number of carbonyl (C=O) groups excluding carboxylic acids is 1. The molecule has 1 aromatic heterocycles. The number of carbonyl (C=O) groups is 1. The van der Waals surface area contributed by atoms with Gasteiger partial charge < -0.3 is 20.8 Å². The van der Waals surface area contributed by atoms with E-state index < -0.39 is 16.1 Å². The van der Waals surface area contributed by atoms with Crippen LogP contribution in [0.15, 0.2) is 52.5 Å². The number of amides is 1. The van der Waals surface area contributed by atoms with Crippen molar-refractivity contribution in [3.8, 4) is 5.75 Å². The highest BCUT2D eigenvalue weighted by Gasteiger charge is 2.41. The van der Waals surface area contributed by atoms with E-state index >= 15 is 0 Å². The number of hydrazone groups is 1. The maximum Gasteiger partial charge on any atom is 0.245 e. The van der Waals surface area contributed by atoms with Gasteiger partial charge in [-0.3, -0.25) is 4.79 Å². The average Bonchev–Trinajstić information content (AvgIpc) is 3.48. The molecule has 1 amide bonds. The quantitative estimate of drug-likeness (QED) is 0.136. The van der Waals surface area contributed by atoms with Crippen molar-refractivity contribution in [1.29, 1.82) is 0 Å². The Bertz CT molecular complexity index is 1600. The zero-order valence-corrected chi connectivity index (χ0v) is 28.1. The first-order valence-electron chi connectivity index (χ1n) is 13.9. The number of nitrogens with zero attached hydrogens (tertiary/aromatic N) is 4. The standard InChI is InChI=1S/C29H34Cl2N6O4S.2ClH/c1-19-7-8-21-4-2-6-25(28(21)35-19)41-17-22-23(30)9-10-26(27(22)31)42(39,40)37-13-3-5-24(37)29(38)33-16-20-11-14-36(15-12-20)18-34-32;;/h2,4,6-10,18,20,24H,3,5,11-17,32H2,1H3,(H,33,38);2*1H/t24-;;/m0../s1. The topological polar surface area (TPSA) is 130 Å². The van der Waals surface area contributed by atoms with Gasteiger partial charge in [0.2, 0.25) is 15.9 Å². The Kier molecular flexibility index (Phi) is 12.8. The number of nitrogens with one attached hydrogen (secondary N) is 1. The summed E-state index contributed by atoms with van der Waals surface area (Å²) in [5.74, 6) is 5.77. The van der Waals surface area contributed by atoms with E-state index in [9.17, 15) is 13.2 Å². The highest BCUT2D eigenvalue weighted by molar-refractivity contribution is 7.89. The Morgan fingerprint density at radius 2 is 1.86 bits per heavy atom. The summed E-state index contributed by atoms with van der Waals surface area (Å²) in [6, 6.07) is 11.5. The number of pyridine rings is 1. The van der Waals surface area contributed by atoms with Gasteiger partial charge in [0.1, 0.15) is 35.1 Å². The molecule has 0 bridgehead atoms. The molecule has 0 radical (unpaired) electrons. The Morgan fingerprint density at radius 3 is 2.59 bits per heavy atom. The number of likely N-dealkylation sites (tertiary alicyclic amines) is 1. The number of hydrogen-bond donors (Lipinski definition) is 2. The maximum absolute atomic E-state index is 13.9. The van der Waals surface area contributed by atoms with Gasteiger partial charge in [0, 0.05) is 47.8 Å². The first-order valence-corrected chi connectivity index (χ1v) is 16.1. The highest BCUT2D eigenvalue weighted by Crippen LogP contribution is 2.36. The van der Waals surface area contributed by atoms with Crippen LogP contribution in [0.4, 0.5) is 0 Å². The van der Waals surface area contributed by atoms with Crippen molar-refractivity contribution in [2.75, 3.05) is 26.2 Å². The van der Waals surface area contributed by atoms with E-state index in [2.05, 4.69) is 15.4 Å². The molecule has 2 aliphatic heterocycles. The smallest absolute Gasteiger partial charge is 0.245 e. The van der Waals surface area contributed by atoms with Gasteiger partial charge >= 0.3 is 0 Å². The van der Waals surface area contributed by atoms with Crippen molar-refractivity contribution in [3.05, 3.63) is 63.8 Å². The van der Waals surface area contributed by atoms with Crippen molar-refractivity contribution in [2.45, 2.75) is 50.2 Å². The third kappa shape index (κ3) is 7.81. The lowest BCUT2D eigenvalue weighted by Gasteiger charge is -2.31. The van der Waals surface area contributed by atoms with Gasteiger partial charge in [0.05, 0.1) is 5.02 Å². The summed E-state index contributed by atoms with van der Waals surface area (Å²) in [5, 5.41) is 7.72. The van der Waals surface area contributed by atoms with Crippen LogP contribution in [0, 0.1) is 12.8 Å². The number of hydrogen-bond acceptors (Lipinski definition) is 7. The van der Waals surface area contributed by atoms with Crippen LogP contribution in [0.5, 0.6) is 5.75 Å². The minimum absolute atomic E-state index is 0. The zero-order valence-electron chi connectivity index (χ0n) is 24.1. The van der Waals surface area contributed by atoms with Crippen molar-refractivity contribution in [3.63, 3.8) is 0 Å². The van der Waals surface area contributed by atoms with Crippen molar-refractivity contribution < 1.29 is 17.9 Å². The lowest BCUT2D eigenvalue weighted by atomic mass is 9.97. The molecule has 240 valence electrons. The SMILES string of the molecule is Cc1ccc2cccc(OCc3c(Cl)ccc(S(=O)(=O)N4CCC[C@H]4C(=O)NCC4CCN(C=NN)CC4)c3Cl)c2n1.Cl.Cl. The Morgan fingerprint density at radius 1 is 1.11 bits per heavy atom. The van der Waals surface area contributed by atoms with Crippen molar-refractivity contribution in [2.24, 2.45) is 16.9 Å². The van der Waals surface area contributed by atoms with E-state index in [0.717, 1.165) is 37.0 Å². The number of aryl methyl sites for hydroxylation is 1. The predicted molar refractivity (Wildman–Crippen MR) is 179 cm³/mol. The van der Waals surface area contributed by atoms with E-state index in [0.29, 0.717) is 42.1 Å². The summed E-state index contributed by atoms with van der Waals surface area (Å²) < 4.78 is 35.0. The van der Waals surface area contributed by atoms with Gasteiger partial charge in [-0.2, -0.15) is 9.41 Å². The molecule has 0 aliphatic carbocycles. The minimum Gasteiger partial charge on any atom is -0.487 e. The van der Waals surface area contributed by atoms with Crippen LogP contribution in [0.2, 0.25) is 10.0 Å². The molecular weight excluding hydrogens is 670 g/mol. The van der Waals surface area contributed by atoms with E-state index in [1.165, 1.54) is 16.4 Å². The second-order valence-electron chi connectivity index (χ2n) is 10.7. The minimum atomic E-state index is -4.10. The number of halogens is 4. The zero-order chi connectivity index (χ0) is 29.9. The number of para-hydroxylation sites is 1. The average molecular weight is 707 g/mol. The normalized spacial score (nSPS) is 17.8. The highest BCUT2D eigenvalue weighted by atomic mass is 35.5. The molecule has 1 atom stereocenters. The number of sulfonamides is 1. The molecule has 15 heteroatoms. The molecule has 2 fully saturated rings. The molecule has 3 heterocycles. The number of fused-ring (bicyclic) bond motifs is 1. The largest absolute Gasteiger partial charge is 0.487 e. The molecule has 0 saturated carbocycles. The first-order chi connectivity index (χ1) is 20.2. The number of nitrogens with two attached hydrogens (primary N) is 1. The third-order valence-corrected chi connectivity index (χ3v) is 10.7. The summed E-state index contributed by atoms with van der Waals surface area (Å²) in [5.41, 5.74) is 1.87. The van der Waals surface area contributed by atoms with E-state index in [-0.39, 0.29) is 58.8 Å². The number of piperidine rings is 1. The summed E-state index contributed by atoms with van der Waals surface area (Å²) in [7, 11) is -4.10. The lowest BCUT2D eigenvalue weighted by Crippen LogP contribution is -2.47. The molecule has 3 aromatic rings. The van der Waals surface area contributed by atoms with Gasteiger partial charge in [0.25, 0.3) is 0 Å². The van der Waals surface area contributed by atoms with Crippen LogP contribution < -0.4 is 15.9 Å². The Hall–Kier alpha value is -2.54. The van der Waals surface area contributed by atoms with Crippen LogP contribution >= 0.6 is 48.0 Å². The van der Waals surface area contributed by atoms with Gasteiger partial charge in [-0.15, -0.1) is 24.8 Å². The molecule has 3 N–H and O–H groups in total. The third-order valence-electron chi connectivity index (χ3n) is 7.88. The van der Waals surface area contributed by atoms with Gasteiger partial charge in [-0.1, -0.05) is 41.4 Å². The van der Waals surface area contributed by atoms with E-state index in [1.807, 2.05) is 36.1 Å². The fourth-order valence-corrected chi connectivity index (χ4v) is 8.06. The molecule has 10 nitrogen and oxygen atoms in total. The van der Waals surface area contributed by atoms with E-state index in [4.69, 9.17) is 33.8 Å². The van der Waals surface area contributed by atoms with Gasteiger partial charge in [-0.25, -0.2) is 13.4 Å². The summed E-state index contributed by atoms with van der Waals surface area (Å²) in [4.78, 5) is 19.7. The summed E-state index contributed by atoms with van der Waals surface area (Å²) >= 11 is 13.2. The summed E-state index contributed by atoms with van der Waals surface area (Å²) in [6.07, 6.45) is 4.41. The molecule has 0 unspecified atom stereocenters. The van der Waals surface area contributed by atoms with Crippen LogP contribution in [-0.2, 0) is 21.4 Å². The van der Waals surface area contributed by atoms with Crippen molar-refractivity contribution in [1.82, 2.24) is 19.5 Å². The predicted octanol–water partition coefficient (Wildman–Crippen LogP) is 5.16. The second-order valence-corrected chi connectivity index (χ2v) is 13.3. The molecule has 2 saturated heterocycles. The van der Waals surface area contributed by atoms with Crippen molar-refractivity contribution >= 4 is 81.2 Å².